The fourth-order valence-corrected chi connectivity index (χ4v) is 6.18. The fourth-order valence-electron chi connectivity index (χ4n) is 6.18. The first-order valence-corrected chi connectivity index (χ1v) is 8.03. The zero-order valence-corrected chi connectivity index (χ0v) is 12.3. The fraction of sp³-hybridized carbons (Fsp3) is 0.556. The van der Waals surface area contributed by atoms with Crippen molar-refractivity contribution in [1.29, 1.82) is 0 Å². The predicted molar refractivity (Wildman–Crippen MR) is 78.6 cm³/mol. The number of aryl methyl sites for hydroxylation is 1. The quantitative estimate of drug-likeness (QED) is 0.580. The zero-order chi connectivity index (χ0) is 14.1. The lowest BCUT2D eigenvalue weighted by Gasteiger charge is -2.44. The van der Waals surface area contributed by atoms with Gasteiger partial charge in [0.2, 0.25) is 0 Å². The summed E-state index contributed by atoms with van der Waals surface area (Å²) in [6.45, 7) is 2.13. The van der Waals surface area contributed by atoms with Crippen molar-refractivity contribution < 1.29 is 9.84 Å². The average Bonchev–Trinajstić information content (AvgIpc) is 2.89. The average molecular weight is 281 g/mol. The van der Waals surface area contributed by atoms with Crippen LogP contribution in [0.4, 0.5) is 0 Å². The second kappa shape index (κ2) is 3.06. The van der Waals surface area contributed by atoms with Crippen LogP contribution in [0.25, 0.3) is 0 Å². The highest BCUT2D eigenvalue weighted by atomic mass is 16.5. The van der Waals surface area contributed by atoms with Crippen molar-refractivity contribution in [3.05, 3.63) is 41.0 Å². The number of rotatable bonds is 0. The molecule has 5 aliphatic rings. The van der Waals surface area contributed by atoms with E-state index in [9.17, 15) is 5.11 Å². The lowest BCUT2D eigenvalue weighted by molar-refractivity contribution is -0.00162. The summed E-state index contributed by atoms with van der Waals surface area (Å²) in [6, 6.07) is 5.86. The number of nitrogens with zero attached hydrogens (tertiary/aromatic N) is 1. The molecule has 3 aliphatic carbocycles. The summed E-state index contributed by atoms with van der Waals surface area (Å²) in [7, 11) is 2.26. The molecule has 0 saturated carbocycles. The maximum Gasteiger partial charge on any atom is 0.138 e. The lowest BCUT2D eigenvalue weighted by Crippen LogP contribution is -2.54. The molecule has 1 aromatic rings. The molecule has 3 nitrogen and oxygen atoms in total. The molecule has 108 valence electrons. The van der Waals surface area contributed by atoms with Crippen LogP contribution in [0, 0.1) is 12.8 Å². The van der Waals surface area contributed by atoms with Crippen molar-refractivity contribution >= 4 is 0 Å². The SMILES string of the molecule is Cc1ccc2c3c1O[C@H]1[C@@H](O)C=C[C@H]4[C@H]5C(C2C[C@@]341)N5C. The monoisotopic (exact) mass is 281 g/mol. The number of aliphatic hydroxyl groups excluding tert-OH is 1. The third kappa shape index (κ3) is 0.957. The van der Waals surface area contributed by atoms with Gasteiger partial charge in [0.15, 0.2) is 0 Å². The van der Waals surface area contributed by atoms with Crippen LogP contribution >= 0.6 is 0 Å². The Balaban J connectivity index is 1.72. The molecular weight excluding hydrogens is 262 g/mol. The largest absolute Gasteiger partial charge is 0.486 e. The Bertz CT molecular complexity index is 726. The molecule has 1 aromatic carbocycles. The maximum absolute atomic E-state index is 10.5. The van der Waals surface area contributed by atoms with E-state index >= 15 is 0 Å². The van der Waals surface area contributed by atoms with Crippen LogP contribution in [0.3, 0.4) is 0 Å². The van der Waals surface area contributed by atoms with E-state index in [1.54, 1.807) is 0 Å². The van der Waals surface area contributed by atoms with Crippen LogP contribution in [-0.2, 0) is 5.41 Å². The molecule has 1 spiro atoms. The van der Waals surface area contributed by atoms with Crippen LogP contribution in [0.5, 0.6) is 5.75 Å². The van der Waals surface area contributed by atoms with Crippen molar-refractivity contribution in [2.45, 2.75) is 49.0 Å². The van der Waals surface area contributed by atoms with Gasteiger partial charge in [0.1, 0.15) is 18.0 Å². The van der Waals surface area contributed by atoms with Crippen molar-refractivity contribution in [3.63, 3.8) is 0 Å². The van der Waals surface area contributed by atoms with E-state index in [2.05, 4.69) is 37.1 Å². The number of aliphatic hydroxyl groups is 1. The highest BCUT2D eigenvalue weighted by Gasteiger charge is 2.74. The Morgan fingerprint density at radius 3 is 3.00 bits per heavy atom. The number of hydrogen-bond acceptors (Lipinski definition) is 3. The number of likely N-dealkylation sites (tertiary alicyclic amines) is 1. The summed E-state index contributed by atoms with van der Waals surface area (Å²) in [5.41, 5.74) is 4.20. The minimum absolute atomic E-state index is 0.0292. The number of ether oxygens (including phenoxy) is 1. The molecule has 0 amide bonds. The predicted octanol–water partition coefficient (Wildman–Crippen LogP) is 1.72. The zero-order valence-electron chi connectivity index (χ0n) is 12.3. The Morgan fingerprint density at radius 2 is 2.14 bits per heavy atom. The third-order valence-corrected chi connectivity index (χ3v) is 6.96. The van der Waals surface area contributed by atoms with E-state index in [1.807, 2.05) is 6.08 Å². The van der Waals surface area contributed by atoms with Crippen LogP contribution in [0.2, 0.25) is 0 Å². The molecule has 2 bridgehead atoms. The maximum atomic E-state index is 10.5. The van der Waals surface area contributed by atoms with Crippen molar-refractivity contribution in [2.75, 3.05) is 7.05 Å². The molecule has 2 aliphatic heterocycles. The van der Waals surface area contributed by atoms with Gasteiger partial charge in [0.25, 0.3) is 0 Å². The Labute approximate surface area is 124 Å². The van der Waals surface area contributed by atoms with Crippen LogP contribution in [0.15, 0.2) is 24.3 Å². The Kier molecular flexibility index (Phi) is 1.64. The number of fused-ring (bicyclic) bond motifs is 3. The van der Waals surface area contributed by atoms with Gasteiger partial charge in [0.05, 0.1) is 0 Å². The summed E-state index contributed by atoms with van der Waals surface area (Å²) in [4.78, 5) is 2.53. The Morgan fingerprint density at radius 1 is 1.29 bits per heavy atom. The highest BCUT2D eigenvalue weighted by Crippen LogP contribution is 2.71. The molecule has 3 heteroatoms. The van der Waals surface area contributed by atoms with Gasteiger partial charge in [0, 0.05) is 34.9 Å². The molecule has 21 heavy (non-hydrogen) atoms. The van der Waals surface area contributed by atoms with Gasteiger partial charge in [-0.1, -0.05) is 24.3 Å². The normalized spacial score (nSPS) is 53.2. The van der Waals surface area contributed by atoms with Crippen molar-refractivity contribution in [2.24, 2.45) is 5.92 Å². The second-order valence-corrected chi connectivity index (χ2v) is 7.61. The van der Waals surface area contributed by atoms with Gasteiger partial charge in [-0.25, -0.2) is 0 Å². The summed E-state index contributed by atoms with van der Waals surface area (Å²) in [5.74, 6) is 2.22. The second-order valence-electron chi connectivity index (χ2n) is 7.61. The summed E-state index contributed by atoms with van der Waals surface area (Å²) in [6.07, 6.45) is 4.86. The molecule has 1 fully saturated rings. The molecular formula is C18H19NO2. The first kappa shape index (κ1) is 11.3. The van der Waals surface area contributed by atoms with Crippen LogP contribution < -0.4 is 4.74 Å². The Hall–Kier alpha value is -1.32. The van der Waals surface area contributed by atoms with Gasteiger partial charge >= 0.3 is 0 Å². The highest BCUT2D eigenvalue weighted by molar-refractivity contribution is 5.64. The molecule has 6 rings (SSSR count). The first-order valence-electron chi connectivity index (χ1n) is 8.03. The number of hydrogen-bond donors (Lipinski definition) is 1. The van der Waals surface area contributed by atoms with Crippen LogP contribution in [-0.4, -0.2) is 41.3 Å². The number of likely N-dealkylation sites (N-methyl/N-ethyl adjacent to an activating group) is 1. The van der Waals surface area contributed by atoms with Crippen molar-refractivity contribution in [3.8, 4) is 5.75 Å². The minimum Gasteiger partial charge on any atom is -0.486 e. The smallest absolute Gasteiger partial charge is 0.138 e. The van der Waals surface area contributed by atoms with Gasteiger partial charge in [-0.15, -0.1) is 0 Å². The standard InChI is InChI=1S/C18H19NO2/c1-8-3-4-9-10-7-18-11(15-14(10)19(15)2)5-6-12(20)17(18)21-16(8)13(9)18/h3-6,10-12,14-15,17,20H,7H2,1-2H3/t10?,11-,12-,14?,15-,17-,18-,19?/m0/s1. The lowest BCUT2D eigenvalue weighted by atomic mass is 9.60. The van der Waals surface area contributed by atoms with E-state index in [0.717, 1.165) is 12.2 Å². The summed E-state index contributed by atoms with van der Waals surface area (Å²) < 4.78 is 6.32. The van der Waals surface area contributed by atoms with Crippen molar-refractivity contribution in [1.82, 2.24) is 4.90 Å². The molecule has 8 atom stereocenters. The topological polar surface area (TPSA) is 32.5 Å². The van der Waals surface area contributed by atoms with Gasteiger partial charge in [-0.3, -0.25) is 4.90 Å². The molecule has 2 heterocycles. The minimum atomic E-state index is -0.472. The van der Waals surface area contributed by atoms with E-state index in [-0.39, 0.29) is 11.5 Å². The van der Waals surface area contributed by atoms with E-state index in [4.69, 9.17) is 4.74 Å². The van der Waals surface area contributed by atoms with E-state index < -0.39 is 6.10 Å². The number of benzene rings is 1. The molecule has 1 saturated heterocycles. The molecule has 0 aromatic heterocycles. The molecule has 3 unspecified atom stereocenters. The van der Waals surface area contributed by atoms with Crippen LogP contribution in [0.1, 0.15) is 29.0 Å². The molecule has 0 radical (unpaired) electrons. The van der Waals surface area contributed by atoms with Gasteiger partial charge in [-0.05, 0) is 31.5 Å². The van der Waals surface area contributed by atoms with Gasteiger partial charge < -0.3 is 9.84 Å². The summed E-state index contributed by atoms with van der Waals surface area (Å²) in [5, 5.41) is 10.5. The summed E-state index contributed by atoms with van der Waals surface area (Å²) >= 11 is 0. The van der Waals surface area contributed by atoms with E-state index in [1.165, 1.54) is 16.7 Å². The molecule has 1 N–H and O–H groups in total. The third-order valence-electron chi connectivity index (χ3n) is 6.96. The first-order chi connectivity index (χ1) is 10.1. The van der Waals surface area contributed by atoms with Gasteiger partial charge in [-0.2, -0.15) is 0 Å². The van der Waals surface area contributed by atoms with E-state index in [0.29, 0.717) is 23.9 Å².